The Labute approximate surface area is 162 Å². The van der Waals surface area contributed by atoms with Crippen molar-refractivity contribution in [1.82, 2.24) is 10.2 Å². The smallest absolute Gasteiger partial charge is 0.244 e. The van der Waals surface area contributed by atoms with Crippen LogP contribution in [0.2, 0.25) is 0 Å². The SMILES string of the molecule is Cc1ccc(OC2CCN(C(=O)C3(S(C)(=O)=O)CCNCC3)CC2)cc1C. The van der Waals surface area contributed by atoms with Gasteiger partial charge in [0.2, 0.25) is 5.91 Å². The third-order valence-corrected chi connectivity index (χ3v) is 8.02. The van der Waals surface area contributed by atoms with E-state index in [9.17, 15) is 13.2 Å². The molecular formula is C20H30N2O4S. The molecule has 0 spiro atoms. The molecule has 150 valence electrons. The lowest BCUT2D eigenvalue weighted by Crippen LogP contribution is -2.59. The fourth-order valence-electron chi connectivity index (χ4n) is 4.02. The molecule has 6 nitrogen and oxygen atoms in total. The predicted octanol–water partition coefficient (Wildman–Crippen LogP) is 1.84. The maximum atomic E-state index is 13.1. The zero-order chi connectivity index (χ0) is 19.7. The van der Waals surface area contributed by atoms with Crippen molar-refractivity contribution in [1.29, 1.82) is 0 Å². The number of hydrogen-bond acceptors (Lipinski definition) is 5. The van der Waals surface area contributed by atoms with Gasteiger partial charge in [-0.1, -0.05) is 6.07 Å². The number of hydrogen-bond donors (Lipinski definition) is 1. The van der Waals surface area contributed by atoms with Gasteiger partial charge in [0.25, 0.3) is 0 Å². The number of ether oxygens (including phenoxy) is 1. The van der Waals surface area contributed by atoms with E-state index in [4.69, 9.17) is 4.74 Å². The molecule has 1 N–H and O–H groups in total. The Balaban J connectivity index is 1.64. The fraction of sp³-hybridized carbons (Fsp3) is 0.650. The first-order valence-electron chi connectivity index (χ1n) is 9.66. The highest BCUT2D eigenvalue weighted by molar-refractivity contribution is 7.92. The molecule has 2 heterocycles. The maximum absolute atomic E-state index is 13.1. The van der Waals surface area contributed by atoms with Crippen LogP contribution in [0.1, 0.15) is 36.8 Å². The number of carbonyl (C=O) groups is 1. The van der Waals surface area contributed by atoms with Crippen molar-refractivity contribution < 1.29 is 17.9 Å². The van der Waals surface area contributed by atoms with Crippen LogP contribution in [0.25, 0.3) is 0 Å². The van der Waals surface area contributed by atoms with Gasteiger partial charge in [0, 0.05) is 32.2 Å². The first-order chi connectivity index (χ1) is 12.7. The van der Waals surface area contributed by atoms with E-state index in [2.05, 4.69) is 25.2 Å². The number of amides is 1. The van der Waals surface area contributed by atoms with Gasteiger partial charge in [-0.3, -0.25) is 4.79 Å². The Bertz CT molecular complexity index is 792. The van der Waals surface area contributed by atoms with Crippen LogP contribution in [0.3, 0.4) is 0 Å². The molecule has 0 atom stereocenters. The van der Waals surface area contributed by atoms with Crippen LogP contribution in [0.15, 0.2) is 18.2 Å². The van der Waals surface area contributed by atoms with E-state index in [1.807, 2.05) is 12.1 Å². The van der Waals surface area contributed by atoms with E-state index in [1.165, 1.54) is 17.4 Å². The third-order valence-electron chi connectivity index (χ3n) is 6.02. The second kappa shape index (κ2) is 7.80. The van der Waals surface area contributed by atoms with E-state index < -0.39 is 14.6 Å². The van der Waals surface area contributed by atoms with Crippen molar-refractivity contribution in [2.75, 3.05) is 32.4 Å². The topological polar surface area (TPSA) is 75.7 Å². The molecule has 2 saturated heterocycles. The minimum atomic E-state index is -3.47. The summed E-state index contributed by atoms with van der Waals surface area (Å²) >= 11 is 0. The Morgan fingerprint density at radius 1 is 1.15 bits per heavy atom. The lowest BCUT2D eigenvalue weighted by molar-refractivity contribution is -0.136. The number of rotatable bonds is 4. The van der Waals surface area contributed by atoms with Crippen LogP contribution in [0.5, 0.6) is 5.75 Å². The summed E-state index contributed by atoms with van der Waals surface area (Å²) in [5, 5.41) is 3.16. The number of benzene rings is 1. The standard InChI is InChI=1S/C20H30N2O4S/c1-15-4-5-18(14-16(15)2)26-17-6-12-22(13-7-17)19(23)20(27(3,24)25)8-10-21-11-9-20/h4-5,14,17,21H,6-13H2,1-3H3. The monoisotopic (exact) mass is 394 g/mol. The van der Waals surface area contributed by atoms with Gasteiger partial charge in [0.15, 0.2) is 14.6 Å². The summed E-state index contributed by atoms with van der Waals surface area (Å²) in [6, 6.07) is 6.07. The number of aryl methyl sites for hydroxylation is 2. The lowest BCUT2D eigenvalue weighted by Gasteiger charge is -2.41. The summed E-state index contributed by atoms with van der Waals surface area (Å²) in [4.78, 5) is 14.9. The first-order valence-corrected chi connectivity index (χ1v) is 11.6. The van der Waals surface area contributed by atoms with E-state index in [0.717, 1.165) is 18.6 Å². The summed E-state index contributed by atoms with van der Waals surface area (Å²) in [5.74, 6) is 0.630. The molecule has 27 heavy (non-hydrogen) atoms. The summed E-state index contributed by atoms with van der Waals surface area (Å²) in [6.07, 6.45) is 3.39. The molecule has 1 amide bonds. The molecular weight excluding hydrogens is 364 g/mol. The molecule has 1 aromatic carbocycles. The fourth-order valence-corrected chi connectivity index (χ4v) is 5.41. The molecule has 0 unspecified atom stereocenters. The number of likely N-dealkylation sites (tertiary alicyclic amines) is 1. The second-order valence-corrected chi connectivity index (χ2v) is 10.2. The van der Waals surface area contributed by atoms with Gasteiger partial charge in [-0.15, -0.1) is 0 Å². The molecule has 0 aromatic heterocycles. The van der Waals surface area contributed by atoms with Crippen molar-refractivity contribution >= 4 is 15.7 Å². The van der Waals surface area contributed by atoms with Gasteiger partial charge in [0.05, 0.1) is 0 Å². The number of nitrogens with zero attached hydrogens (tertiary/aromatic N) is 1. The Hall–Kier alpha value is -1.60. The number of nitrogens with one attached hydrogen (secondary N) is 1. The minimum Gasteiger partial charge on any atom is -0.490 e. The molecule has 0 radical (unpaired) electrons. The van der Waals surface area contributed by atoms with Crippen molar-refractivity contribution in [3.63, 3.8) is 0 Å². The largest absolute Gasteiger partial charge is 0.490 e. The van der Waals surface area contributed by atoms with Crippen LogP contribution < -0.4 is 10.1 Å². The van der Waals surface area contributed by atoms with Crippen molar-refractivity contribution in [2.24, 2.45) is 0 Å². The molecule has 3 rings (SSSR count). The quantitative estimate of drug-likeness (QED) is 0.843. The second-order valence-electron chi connectivity index (χ2n) is 7.87. The number of sulfone groups is 1. The third kappa shape index (κ3) is 4.14. The predicted molar refractivity (Wildman–Crippen MR) is 106 cm³/mol. The zero-order valence-electron chi connectivity index (χ0n) is 16.5. The van der Waals surface area contributed by atoms with Crippen molar-refractivity contribution in [3.8, 4) is 5.75 Å². The normalized spacial score (nSPS) is 21.1. The Kier molecular flexibility index (Phi) is 5.82. The summed E-state index contributed by atoms with van der Waals surface area (Å²) in [5.41, 5.74) is 2.43. The molecule has 1 aromatic rings. The summed E-state index contributed by atoms with van der Waals surface area (Å²) in [6.45, 7) is 6.34. The van der Waals surface area contributed by atoms with Gasteiger partial charge in [0.1, 0.15) is 11.9 Å². The number of piperidine rings is 2. The molecule has 0 aliphatic carbocycles. The van der Waals surface area contributed by atoms with E-state index >= 15 is 0 Å². The van der Waals surface area contributed by atoms with Crippen LogP contribution >= 0.6 is 0 Å². The molecule has 0 bridgehead atoms. The van der Waals surface area contributed by atoms with Gasteiger partial charge >= 0.3 is 0 Å². The van der Waals surface area contributed by atoms with Gasteiger partial charge in [-0.05, 0) is 63.0 Å². The molecule has 7 heteroatoms. The van der Waals surface area contributed by atoms with Gasteiger partial charge < -0.3 is 15.0 Å². The zero-order valence-corrected chi connectivity index (χ0v) is 17.3. The van der Waals surface area contributed by atoms with Crippen molar-refractivity contribution in [3.05, 3.63) is 29.3 Å². The van der Waals surface area contributed by atoms with Crippen LogP contribution in [-0.4, -0.2) is 62.5 Å². The van der Waals surface area contributed by atoms with E-state index in [-0.39, 0.29) is 12.0 Å². The maximum Gasteiger partial charge on any atom is 0.244 e. The summed E-state index contributed by atoms with van der Waals surface area (Å²) < 4.78 is 29.7. The van der Waals surface area contributed by atoms with Gasteiger partial charge in [-0.25, -0.2) is 8.42 Å². The summed E-state index contributed by atoms with van der Waals surface area (Å²) in [7, 11) is -3.47. The first kappa shape index (κ1) is 20.1. The molecule has 2 aliphatic rings. The van der Waals surface area contributed by atoms with Crippen molar-refractivity contribution in [2.45, 2.75) is 50.4 Å². The van der Waals surface area contributed by atoms with Crippen LogP contribution in [0, 0.1) is 13.8 Å². The molecule has 2 fully saturated rings. The lowest BCUT2D eigenvalue weighted by atomic mass is 9.94. The van der Waals surface area contributed by atoms with Crippen LogP contribution in [0.4, 0.5) is 0 Å². The van der Waals surface area contributed by atoms with Crippen LogP contribution in [-0.2, 0) is 14.6 Å². The van der Waals surface area contributed by atoms with Gasteiger partial charge in [-0.2, -0.15) is 0 Å². The van der Waals surface area contributed by atoms with E-state index in [0.29, 0.717) is 39.0 Å². The molecule has 2 aliphatic heterocycles. The highest BCUT2D eigenvalue weighted by atomic mass is 32.2. The minimum absolute atomic E-state index is 0.0540. The average molecular weight is 395 g/mol. The highest BCUT2D eigenvalue weighted by Gasteiger charge is 2.50. The Morgan fingerprint density at radius 3 is 2.33 bits per heavy atom. The highest BCUT2D eigenvalue weighted by Crippen LogP contribution is 2.31. The molecule has 0 saturated carbocycles. The number of carbonyl (C=O) groups excluding carboxylic acids is 1. The Morgan fingerprint density at radius 2 is 1.78 bits per heavy atom. The van der Waals surface area contributed by atoms with E-state index in [1.54, 1.807) is 4.90 Å². The average Bonchev–Trinajstić information content (AvgIpc) is 2.64.